The predicted octanol–water partition coefficient (Wildman–Crippen LogP) is 3.27. The number of alkyl halides is 2. The number of hydrogen-bond acceptors (Lipinski definition) is 5. The molecule has 154 valence electrons. The van der Waals surface area contributed by atoms with Crippen molar-refractivity contribution in [3.05, 3.63) is 47.3 Å². The fourth-order valence-corrected chi connectivity index (χ4v) is 2.69. The number of rotatable bonds is 8. The summed E-state index contributed by atoms with van der Waals surface area (Å²) < 4.78 is 29.5. The van der Waals surface area contributed by atoms with Gasteiger partial charge in [-0.1, -0.05) is 0 Å². The minimum atomic E-state index is -2.58. The lowest BCUT2D eigenvalue weighted by Crippen LogP contribution is -2.27. The zero-order valence-corrected chi connectivity index (χ0v) is 16.1. The molecule has 3 rings (SSSR count). The molecule has 2 aromatic heterocycles. The maximum absolute atomic E-state index is 12.6. The van der Waals surface area contributed by atoms with Crippen LogP contribution in [0.3, 0.4) is 0 Å². The van der Waals surface area contributed by atoms with Crippen molar-refractivity contribution >= 4 is 17.6 Å². The van der Waals surface area contributed by atoms with E-state index in [9.17, 15) is 18.4 Å². The number of aryl methyl sites for hydroxylation is 1. The summed E-state index contributed by atoms with van der Waals surface area (Å²) in [5, 5.41) is 5.56. The Balaban J connectivity index is 1.62. The van der Waals surface area contributed by atoms with Gasteiger partial charge in [-0.25, -0.2) is 18.7 Å². The molecule has 0 radical (unpaired) electrons. The number of amides is 2. The molecule has 1 aliphatic carbocycles. The van der Waals surface area contributed by atoms with E-state index >= 15 is 0 Å². The zero-order chi connectivity index (χ0) is 21.0. The van der Waals surface area contributed by atoms with Crippen molar-refractivity contribution in [3.8, 4) is 5.88 Å². The van der Waals surface area contributed by atoms with Gasteiger partial charge in [0.15, 0.2) is 6.61 Å². The van der Waals surface area contributed by atoms with Crippen molar-refractivity contribution in [2.45, 2.75) is 39.2 Å². The smallest absolute Gasteiger partial charge is 0.272 e. The van der Waals surface area contributed by atoms with Crippen molar-refractivity contribution in [1.82, 2.24) is 15.3 Å². The molecule has 9 heteroatoms. The van der Waals surface area contributed by atoms with E-state index in [2.05, 4.69) is 20.6 Å². The van der Waals surface area contributed by atoms with Crippen LogP contribution in [0.25, 0.3) is 0 Å². The average molecular weight is 404 g/mol. The van der Waals surface area contributed by atoms with Gasteiger partial charge in [0.25, 0.3) is 12.3 Å². The second-order valence-corrected chi connectivity index (χ2v) is 6.98. The molecule has 0 spiro atoms. The topological polar surface area (TPSA) is 93.2 Å². The van der Waals surface area contributed by atoms with E-state index in [4.69, 9.17) is 4.74 Å². The molecule has 0 aromatic carbocycles. The number of pyridine rings is 2. The zero-order valence-electron chi connectivity index (χ0n) is 16.1. The van der Waals surface area contributed by atoms with E-state index in [1.54, 1.807) is 26.0 Å². The average Bonchev–Trinajstić information content (AvgIpc) is 3.52. The van der Waals surface area contributed by atoms with Gasteiger partial charge >= 0.3 is 0 Å². The number of aromatic nitrogens is 2. The van der Waals surface area contributed by atoms with Crippen LogP contribution in [0.15, 0.2) is 30.6 Å². The summed E-state index contributed by atoms with van der Waals surface area (Å²) in [6.45, 7) is 2.76. The first kappa shape index (κ1) is 20.6. The molecule has 1 unspecified atom stereocenters. The second-order valence-electron chi connectivity index (χ2n) is 6.98. The Labute approximate surface area is 166 Å². The third-order valence-electron chi connectivity index (χ3n) is 4.47. The Morgan fingerprint density at radius 3 is 2.69 bits per heavy atom. The van der Waals surface area contributed by atoms with Crippen LogP contribution in [0, 0.1) is 12.8 Å². The van der Waals surface area contributed by atoms with Gasteiger partial charge in [-0.3, -0.25) is 9.59 Å². The molecule has 1 atom stereocenters. The molecule has 1 saturated carbocycles. The van der Waals surface area contributed by atoms with Crippen molar-refractivity contribution in [3.63, 3.8) is 0 Å². The summed E-state index contributed by atoms with van der Waals surface area (Å²) in [5.41, 5.74) is 1.66. The first-order chi connectivity index (χ1) is 13.8. The van der Waals surface area contributed by atoms with Crippen LogP contribution in [-0.4, -0.2) is 34.8 Å². The van der Waals surface area contributed by atoms with Gasteiger partial charge < -0.3 is 15.4 Å². The Bertz CT molecular complexity index is 903. The highest BCUT2D eigenvalue weighted by Gasteiger charge is 2.29. The van der Waals surface area contributed by atoms with Crippen LogP contribution >= 0.6 is 0 Å². The van der Waals surface area contributed by atoms with E-state index in [1.165, 1.54) is 18.5 Å². The molecule has 1 aliphatic rings. The molecule has 2 N–H and O–H groups in total. The van der Waals surface area contributed by atoms with E-state index in [1.807, 2.05) is 0 Å². The molecule has 2 amide bonds. The van der Waals surface area contributed by atoms with Gasteiger partial charge in [0.2, 0.25) is 11.8 Å². The molecule has 2 heterocycles. The summed E-state index contributed by atoms with van der Waals surface area (Å²) in [5.74, 6) is 0.0901. The summed E-state index contributed by atoms with van der Waals surface area (Å²) in [7, 11) is 0. The molecule has 2 aromatic rings. The number of hydrogen-bond donors (Lipinski definition) is 2. The maximum atomic E-state index is 12.6. The predicted molar refractivity (Wildman–Crippen MR) is 102 cm³/mol. The first-order valence-corrected chi connectivity index (χ1v) is 9.28. The first-order valence-electron chi connectivity index (χ1n) is 9.28. The number of carbonyl (C=O) groups is 2. The normalized spacial score (nSPS) is 14.4. The van der Waals surface area contributed by atoms with Crippen LogP contribution in [0.5, 0.6) is 5.88 Å². The van der Waals surface area contributed by atoms with Crippen molar-refractivity contribution in [1.29, 1.82) is 0 Å². The second kappa shape index (κ2) is 8.93. The molecule has 0 bridgehead atoms. The minimum absolute atomic E-state index is 0.0395. The van der Waals surface area contributed by atoms with Gasteiger partial charge in [-0.2, -0.15) is 0 Å². The SMILES string of the molecule is Cc1cc(C(C)NC(=O)c2ccnc(NC(=O)C3CC3)c2)cnc1OCC(F)F. The Morgan fingerprint density at radius 2 is 2.03 bits per heavy atom. The number of nitrogens with one attached hydrogen (secondary N) is 2. The Morgan fingerprint density at radius 1 is 1.28 bits per heavy atom. The molecule has 7 nitrogen and oxygen atoms in total. The molecular formula is C20H22F2N4O3. The van der Waals surface area contributed by atoms with Gasteiger partial charge in [-0.15, -0.1) is 0 Å². The Hall–Kier alpha value is -3.10. The summed E-state index contributed by atoms with van der Waals surface area (Å²) in [6, 6.07) is 4.43. The van der Waals surface area contributed by atoms with Crippen molar-refractivity contribution in [2.24, 2.45) is 5.92 Å². The van der Waals surface area contributed by atoms with E-state index in [0.29, 0.717) is 22.5 Å². The van der Waals surface area contributed by atoms with Crippen LogP contribution in [0.4, 0.5) is 14.6 Å². The molecular weight excluding hydrogens is 382 g/mol. The summed E-state index contributed by atoms with van der Waals surface area (Å²) in [4.78, 5) is 32.5. The van der Waals surface area contributed by atoms with Gasteiger partial charge in [0.05, 0.1) is 6.04 Å². The number of ether oxygens (including phenoxy) is 1. The maximum Gasteiger partial charge on any atom is 0.272 e. The van der Waals surface area contributed by atoms with Crippen LogP contribution < -0.4 is 15.4 Å². The third kappa shape index (κ3) is 5.69. The molecule has 0 aliphatic heterocycles. The molecule has 1 fully saturated rings. The standard InChI is InChI=1S/C20H22F2N4O3/c1-11-7-15(9-24-20(11)29-10-16(21)22)12(2)25-19(28)14-5-6-23-17(8-14)26-18(27)13-3-4-13/h5-9,12-13,16H,3-4,10H2,1-2H3,(H,25,28)(H,23,26,27). The van der Waals surface area contributed by atoms with Crippen molar-refractivity contribution in [2.75, 3.05) is 11.9 Å². The van der Waals surface area contributed by atoms with Gasteiger partial charge in [0.1, 0.15) is 5.82 Å². The monoisotopic (exact) mass is 404 g/mol. The Kier molecular flexibility index (Phi) is 6.36. The third-order valence-corrected chi connectivity index (χ3v) is 4.47. The lowest BCUT2D eigenvalue weighted by molar-refractivity contribution is -0.117. The fraction of sp³-hybridized carbons (Fsp3) is 0.400. The van der Waals surface area contributed by atoms with Crippen molar-refractivity contribution < 1.29 is 23.1 Å². The highest BCUT2D eigenvalue weighted by atomic mass is 19.3. The van der Waals surface area contributed by atoms with E-state index in [0.717, 1.165) is 12.8 Å². The number of carbonyl (C=O) groups excluding carboxylic acids is 2. The molecule has 0 saturated heterocycles. The summed E-state index contributed by atoms with van der Waals surface area (Å²) >= 11 is 0. The largest absolute Gasteiger partial charge is 0.471 e. The fourth-order valence-electron chi connectivity index (χ4n) is 2.69. The van der Waals surface area contributed by atoms with Crippen LogP contribution in [0.1, 0.15) is 47.3 Å². The lowest BCUT2D eigenvalue weighted by atomic mass is 10.1. The van der Waals surface area contributed by atoms with E-state index < -0.39 is 13.0 Å². The number of nitrogens with zero attached hydrogens (tertiary/aromatic N) is 2. The lowest BCUT2D eigenvalue weighted by Gasteiger charge is -2.16. The van der Waals surface area contributed by atoms with Gasteiger partial charge in [-0.05, 0) is 50.5 Å². The highest BCUT2D eigenvalue weighted by molar-refractivity contribution is 5.97. The number of halogens is 2. The molecule has 29 heavy (non-hydrogen) atoms. The van der Waals surface area contributed by atoms with Crippen LogP contribution in [0.2, 0.25) is 0 Å². The van der Waals surface area contributed by atoms with Crippen LogP contribution in [-0.2, 0) is 4.79 Å². The quantitative estimate of drug-likeness (QED) is 0.704. The minimum Gasteiger partial charge on any atom is -0.471 e. The van der Waals surface area contributed by atoms with Gasteiger partial charge in [0, 0.05) is 29.4 Å². The summed E-state index contributed by atoms with van der Waals surface area (Å²) in [6.07, 6.45) is 2.12. The van der Waals surface area contributed by atoms with E-state index in [-0.39, 0.29) is 29.7 Å². The highest BCUT2D eigenvalue weighted by Crippen LogP contribution is 2.30. The number of anilines is 1.